The van der Waals surface area contributed by atoms with E-state index in [1.54, 1.807) is 24.5 Å². The Morgan fingerprint density at radius 2 is 2.05 bits per heavy atom. The number of rotatable bonds is 5. The van der Waals surface area contributed by atoms with E-state index >= 15 is 0 Å². The van der Waals surface area contributed by atoms with Crippen molar-refractivity contribution in [2.24, 2.45) is 0 Å². The van der Waals surface area contributed by atoms with Gasteiger partial charge in [-0.05, 0) is 23.8 Å². The highest BCUT2D eigenvalue weighted by molar-refractivity contribution is 7.83. The number of hydrogen-bond acceptors (Lipinski definition) is 4. The van der Waals surface area contributed by atoms with Gasteiger partial charge in [0.05, 0.1) is 16.7 Å². The number of hydrogen-bond donors (Lipinski definition) is 1. The lowest BCUT2D eigenvalue weighted by Gasteiger charge is -2.09. The van der Waals surface area contributed by atoms with Crippen molar-refractivity contribution >= 4 is 27.9 Å². The van der Waals surface area contributed by atoms with E-state index < -0.39 is 21.5 Å². The fourth-order valence-electron chi connectivity index (χ4n) is 1.85. The predicted molar refractivity (Wildman–Crippen MR) is 80.5 cm³/mol. The van der Waals surface area contributed by atoms with Crippen molar-refractivity contribution in [2.75, 3.05) is 11.6 Å². The Balaban J connectivity index is 2.22. The predicted octanol–water partition coefficient (Wildman–Crippen LogP) is 3.36. The number of nitrogens with one attached hydrogen (secondary N) is 1. The number of non-ortho nitro benzene ring substituents is 1. The lowest BCUT2D eigenvalue weighted by atomic mass is 10.2. The van der Waals surface area contributed by atoms with Crippen molar-refractivity contribution < 1.29 is 13.5 Å². The molecule has 110 valence electrons. The van der Waals surface area contributed by atoms with Crippen LogP contribution in [0.4, 0.5) is 21.5 Å². The van der Waals surface area contributed by atoms with Gasteiger partial charge >= 0.3 is 0 Å². The average Bonchev–Trinajstić information content (AvgIpc) is 2.40. The van der Waals surface area contributed by atoms with Gasteiger partial charge in [-0.3, -0.25) is 14.3 Å². The smallest absolute Gasteiger partial charge is 0.272 e. The molecule has 0 fully saturated rings. The number of nitro benzene ring substituents is 1. The van der Waals surface area contributed by atoms with Gasteiger partial charge in [-0.25, -0.2) is 4.39 Å². The van der Waals surface area contributed by atoms with Gasteiger partial charge in [-0.15, -0.1) is 0 Å². The SMILES string of the molecule is CS(=O)Cc1cccc(Nc2ccc([N+](=O)[O-])cc2F)c1. The van der Waals surface area contributed by atoms with E-state index in [1.165, 1.54) is 12.1 Å². The van der Waals surface area contributed by atoms with Gasteiger partial charge in [-0.2, -0.15) is 0 Å². The Kier molecular flexibility index (Phi) is 4.64. The molecule has 0 saturated carbocycles. The lowest BCUT2D eigenvalue weighted by Crippen LogP contribution is -1.97. The molecule has 0 aliphatic rings. The van der Waals surface area contributed by atoms with Gasteiger partial charge in [0.15, 0.2) is 5.82 Å². The molecule has 0 radical (unpaired) electrons. The Morgan fingerprint density at radius 1 is 1.29 bits per heavy atom. The lowest BCUT2D eigenvalue weighted by molar-refractivity contribution is -0.385. The molecule has 2 rings (SSSR count). The van der Waals surface area contributed by atoms with E-state index in [-0.39, 0.29) is 11.4 Å². The summed E-state index contributed by atoms with van der Waals surface area (Å²) in [5.41, 5.74) is 1.34. The molecule has 2 aromatic carbocycles. The molecule has 0 aliphatic heterocycles. The van der Waals surface area contributed by atoms with E-state index in [0.717, 1.165) is 11.6 Å². The first kappa shape index (κ1) is 15.1. The molecule has 0 amide bonds. The summed E-state index contributed by atoms with van der Waals surface area (Å²) in [5.74, 6) is -0.285. The topological polar surface area (TPSA) is 72.2 Å². The first-order valence-corrected chi connectivity index (χ1v) is 7.78. The maximum absolute atomic E-state index is 13.8. The molecule has 2 aromatic rings. The molecule has 1 unspecified atom stereocenters. The van der Waals surface area contributed by atoms with Crippen LogP contribution in [0.25, 0.3) is 0 Å². The van der Waals surface area contributed by atoms with E-state index in [9.17, 15) is 18.7 Å². The van der Waals surface area contributed by atoms with Crippen LogP contribution in [0.15, 0.2) is 42.5 Å². The second-order valence-electron chi connectivity index (χ2n) is 4.46. The molecule has 0 aromatic heterocycles. The monoisotopic (exact) mass is 308 g/mol. The Morgan fingerprint density at radius 3 is 2.67 bits per heavy atom. The zero-order valence-corrected chi connectivity index (χ0v) is 12.0. The number of nitrogens with zero attached hydrogens (tertiary/aromatic N) is 1. The quantitative estimate of drug-likeness (QED) is 0.679. The van der Waals surface area contributed by atoms with E-state index in [4.69, 9.17) is 0 Å². The van der Waals surface area contributed by atoms with E-state index in [0.29, 0.717) is 11.4 Å². The second-order valence-corrected chi connectivity index (χ2v) is 5.90. The minimum absolute atomic E-state index is 0.148. The van der Waals surface area contributed by atoms with Crippen molar-refractivity contribution in [1.29, 1.82) is 0 Å². The molecule has 0 spiro atoms. The molecule has 5 nitrogen and oxygen atoms in total. The first-order valence-electron chi connectivity index (χ1n) is 6.05. The first-order chi connectivity index (χ1) is 9.95. The summed E-state index contributed by atoms with van der Waals surface area (Å²) in [6.07, 6.45) is 1.61. The normalized spacial score (nSPS) is 11.9. The van der Waals surface area contributed by atoms with Crippen molar-refractivity contribution in [1.82, 2.24) is 0 Å². The third-order valence-electron chi connectivity index (χ3n) is 2.74. The van der Waals surface area contributed by atoms with Gasteiger partial charge in [-0.1, -0.05) is 12.1 Å². The molecule has 0 bridgehead atoms. The van der Waals surface area contributed by atoms with Crippen LogP contribution in [0.5, 0.6) is 0 Å². The van der Waals surface area contributed by atoms with E-state index in [2.05, 4.69) is 5.32 Å². The summed E-state index contributed by atoms with van der Waals surface area (Å²) in [7, 11) is -0.961. The van der Waals surface area contributed by atoms with Crippen molar-refractivity contribution in [2.45, 2.75) is 5.75 Å². The minimum atomic E-state index is -0.961. The van der Waals surface area contributed by atoms with Gasteiger partial charge in [0.25, 0.3) is 5.69 Å². The van der Waals surface area contributed by atoms with Gasteiger partial charge < -0.3 is 5.32 Å². The largest absolute Gasteiger partial charge is 0.353 e. The fourth-order valence-corrected chi connectivity index (χ4v) is 2.50. The summed E-state index contributed by atoms with van der Waals surface area (Å²) >= 11 is 0. The number of benzene rings is 2. The summed E-state index contributed by atoms with van der Waals surface area (Å²) in [6, 6.07) is 10.5. The van der Waals surface area contributed by atoms with Crippen LogP contribution in [0, 0.1) is 15.9 Å². The van der Waals surface area contributed by atoms with E-state index in [1.807, 2.05) is 6.07 Å². The third-order valence-corrected chi connectivity index (χ3v) is 3.48. The van der Waals surface area contributed by atoms with Gasteiger partial charge in [0, 0.05) is 34.6 Å². The molecule has 21 heavy (non-hydrogen) atoms. The van der Waals surface area contributed by atoms with Crippen LogP contribution in [0.1, 0.15) is 5.56 Å². The Labute approximate surface area is 123 Å². The molecular formula is C14H13FN2O3S. The number of halogens is 1. The molecule has 1 atom stereocenters. The van der Waals surface area contributed by atoms with Gasteiger partial charge in [0.1, 0.15) is 0 Å². The van der Waals surface area contributed by atoms with Gasteiger partial charge in [0.2, 0.25) is 0 Å². The van der Waals surface area contributed by atoms with Crippen LogP contribution in [-0.4, -0.2) is 15.4 Å². The maximum atomic E-state index is 13.8. The second kappa shape index (κ2) is 6.45. The molecular weight excluding hydrogens is 295 g/mol. The highest BCUT2D eigenvalue weighted by Crippen LogP contribution is 2.24. The zero-order chi connectivity index (χ0) is 15.4. The Hall–Kier alpha value is -2.28. The third kappa shape index (κ3) is 4.09. The number of nitro groups is 1. The summed E-state index contributed by atoms with van der Waals surface area (Å²) < 4.78 is 25.0. The van der Waals surface area contributed by atoms with Crippen molar-refractivity contribution in [3.8, 4) is 0 Å². The fraction of sp³-hybridized carbons (Fsp3) is 0.143. The van der Waals surface area contributed by atoms with Crippen LogP contribution >= 0.6 is 0 Å². The van der Waals surface area contributed by atoms with Crippen LogP contribution in [0.2, 0.25) is 0 Å². The highest BCUT2D eigenvalue weighted by Gasteiger charge is 2.10. The molecule has 0 aliphatic carbocycles. The van der Waals surface area contributed by atoms with Crippen molar-refractivity contribution in [3.05, 3.63) is 64.0 Å². The number of anilines is 2. The molecule has 7 heteroatoms. The van der Waals surface area contributed by atoms with Crippen LogP contribution < -0.4 is 5.32 Å². The van der Waals surface area contributed by atoms with Crippen molar-refractivity contribution in [3.63, 3.8) is 0 Å². The Bertz CT molecular complexity index is 706. The van der Waals surface area contributed by atoms with Crippen LogP contribution in [0.3, 0.4) is 0 Å². The summed E-state index contributed by atoms with van der Waals surface area (Å²) in [6.45, 7) is 0. The zero-order valence-electron chi connectivity index (χ0n) is 11.2. The highest BCUT2D eigenvalue weighted by atomic mass is 32.2. The minimum Gasteiger partial charge on any atom is -0.353 e. The average molecular weight is 308 g/mol. The molecule has 0 heterocycles. The molecule has 0 saturated heterocycles. The standard InChI is InChI=1S/C14H13FN2O3S/c1-21(20)9-10-3-2-4-11(7-10)16-14-6-5-12(17(18)19)8-13(14)15/h2-8,16H,9H2,1H3. The maximum Gasteiger partial charge on any atom is 0.272 e. The summed E-state index contributed by atoms with van der Waals surface area (Å²) in [5, 5.41) is 13.4. The molecule has 1 N–H and O–H groups in total. The summed E-state index contributed by atoms with van der Waals surface area (Å²) in [4.78, 5) is 9.91. The van der Waals surface area contributed by atoms with Crippen LogP contribution in [-0.2, 0) is 16.6 Å².